The molecule has 2 saturated heterocycles. The van der Waals surface area contributed by atoms with Gasteiger partial charge in [0.2, 0.25) is 10.0 Å². The highest BCUT2D eigenvalue weighted by molar-refractivity contribution is 7.89. The monoisotopic (exact) mass is 449 g/mol. The van der Waals surface area contributed by atoms with E-state index in [4.69, 9.17) is 0 Å². The van der Waals surface area contributed by atoms with Crippen LogP contribution < -0.4 is 0 Å². The number of nitrogens with zero attached hydrogens (tertiary/aromatic N) is 3. The molecule has 0 saturated carbocycles. The van der Waals surface area contributed by atoms with Crippen LogP contribution >= 0.6 is 11.3 Å². The molecule has 1 aromatic carbocycles. The predicted molar refractivity (Wildman–Crippen MR) is 112 cm³/mol. The Morgan fingerprint density at radius 1 is 0.867 bits per heavy atom. The maximum atomic E-state index is 13.1. The molecule has 2 aliphatic rings. The molecule has 0 unspecified atom stereocenters. The van der Waals surface area contributed by atoms with Gasteiger partial charge in [0.25, 0.3) is 11.8 Å². The first-order valence-corrected chi connectivity index (χ1v) is 12.2. The molecule has 10 heteroatoms. The second-order valence-corrected chi connectivity index (χ2v) is 10.1. The third-order valence-corrected chi connectivity index (χ3v) is 8.47. The number of thiophene rings is 1. The molecule has 0 radical (unpaired) electrons. The topological polar surface area (TPSA) is 98.2 Å². The van der Waals surface area contributed by atoms with Gasteiger partial charge in [-0.15, -0.1) is 11.3 Å². The van der Waals surface area contributed by atoms with Crippen molar-refractivity contribution in [2.24, 2.45) is 0 Å². The van der Waals surface area contributed by atoms with E-state index in [1.807, 2.05) is 0 Å². The summed E-state index contributed by atoms with van der Waals surface area (Å²) in [5.41, 5.74) is 0.231. The Balaban J connectivity index is 1.45. The zero-order valence-electron chi connectivity index (χ0n) is 16.4. The normalized spacial score (nSPS) is 18.0. The van der Waals surface area contributed by atoms with Crippen molar-refractivity contribution in [2.45, 2.75) is 17.7 Å². The van der Waals surface area contributed by atoms with Crippen molar-refractivity contribution >= 4 is 33.2 Å². The molecule has 1 N–H and O–H groups in total. The SMILES string of the molecule is O=C(c1ccccc1O)N1CCN(C(=O)c2sccc2S(=O)(=O)N2CCCC2)CC1. The van der Waals surface area contributed by atoms with Crippen molar-refractivity contribution in [1.29, 1.82) is 0 Å². The number of rotatable bonds is 4. The lowest BCUT2D eigenvalue weighted by atomic mass is 10.1. The van der Waals surface area contributed by atoms with E-state index in [-0.39, 0.29) is 32.9 Å². The second-order valence-electron chi connectivity index (χ2n) is 7.33. The number of carbonyl (C=O) groups is 2. The minimum Gasteiger partial charge on any atom is -0.507 e. The average molecular weight is 450 g/mol. The van der Waals surface area contributed by atoms with E-state index in [9.17, 15) is 23.1 Å². The first-order valence-electron chi connectivity index (χ1n) is 9.84. The van der Waals surface area contributed by atoms with Gasteiger partial charge >= 0.3 is 0 Å². The summed E-state index contributed by atoms with van der Waals surface area (Å²) in [7, 11) is -3.67. The van der Waals surface area contributed by atoms with E-state index >= 15 is 0 Å². The molecule has 0 atom stereocenters. The molecule has 8 nitrogen and oxygen atoms in total. The first kappa shape index (κ1) is 20.8. The van der Waals surface area contributed by atoms with Gasteiger partial charge in [-0.05, 0) is 36.4 Å². The van der Waals surface area contributed by atoms with Gasteiger partial charge in [0.15, 0.2) is 0 Å². The summed E-state index contributed by atoms with van der Waals surface area (Å²) in [6.07, 6.45) is 1.67. The zero-order valence-corrected chi connectivity index (χ0v) is 18.0. The third kappa shape index (κ3) is 3.82. The average Bonchev–Trinajstić information content (AvgIpc) is 3.46. The number of phenols is 1. The molecule has 160 valence electrons. The second kappa shape index (κ2) is 8.37. The Labute approximate surface area is 179 Å². The fraction of sp³-hybridized carbons (Fsp3) is 0.400. The summed E-state index contributed by atoms with van der Waals surface area (Å²) in [4.78, 5) is 29.2. The largest absolute Gasteiger partial charge is 0.507 e. The number of aromatic hydroxyl groups is 1. The standard InChI is InChI=1S/C20H23N3O5S2/c24-16-6-2-1-5-15(16)19(25)21-10-12-22(13-11-21)20(26)18-17(7-14-29-18)30(27,28)23-8-3-4-9-23/h1-2,5-7,14,24H,3-4,8-13H2. The van der Waals surface area contributed by atoms with Gasteiger partial charge in [-0.2, -0.15) is 4.31 Å². The van der Waals surface area contributed by atoms with Gasteiger partial charge in [0.05, 0.1) is 5.56 Å². The highest BCUT2D eigenvalue weighted by atomic mass is 32.2. The quantitative estimate of drug-likeness (QED) is 0.768. The number of piperazine rings is 1. The molecule has 1 aromatic heterocycles. The molecule has 0 aliphatic carbocycles. The van der Waals surface area contributed by atoms with Crippen LogP contribution in [0.5, 0.6) is 5.75 Å². The maximum absolute atomic E-state index is 13.1. The van der Waals surface area contributed by atoms with Gasteiger partial charge in [-0.25, -0.2) is 8.42 Å². The highest BCUT2D eigenvalue weighted by Crippen LogP contribution is 2.29. The Morgan fingerprint density at radius 3 is 2.10 bits per heavy atom. The van der Waals surface area contributed by atoms with Gasteiger partial charge in [0, 0.05) is 39.3 Å². The Bertz CT molecular complexity index is 1050. The molecule has 2 aromatic rings. The lowest BCUT2D eigenvalue weighted by molar-refractivity contribution is 0.0534. The fourth-order valence-corrected chi connectivity index (χ4v) is 6.68. The lowest BCUT2D eigenvalue weighted by Gasteiger charge is -2.34. The van der Waals surface area contributed by atoms with E-state index in [1.165, 1.54) is 16.4 Å². The molecule has 4 rings (SSSR count). The Hall–Kier alpha value is -2.43. The van der Waals surface area contributed by atoms with Crippen molar-refractivity contribution in [3.63, 3.8) is 0 Å². The molecule has 0 spiro atoms. The first-order chi connectivity index (χ1) is 14.4. The van der Waals surface area contributed by atoms with Crippen LogP contribution in [-0.4, -0.2) is 78.7 Å². The molecule has 30 heavy (non-hydrogen) atoms. The van der Waals surface area contributed by atoms with Crippen LogP contribution in [0.2, 0.25) is 0 Å². The van der Waals surface area contributed by atoms with E-state index in [1.54, 1.807) is 33.4 Å². The lowest BCUT2D eigenvalue weighted by Crippen LogP contribution is -2.50. The number of sulfonamides is 1. The van der Waals surface area contributed by atoms with Gasteiger partial charge < -0.3 is 14.9 Å². The van der Waals surface area contributed by atoms with Crippen molar-refractivity contribution in [3.8, 4) is 5.75 Å². The minimum atomic E-state index is -3.67. The molecule has 2 aliphatic heterocycles. The summed E-state index contributed by atoms with van der Waals surface area (Å²) in [6, 6.07) is 7.87. The van der Waals surface area contributed by atoms with Crippen molar-refractivity contribution in [3.05, 3.63) is 46.2 Å². The van der Waals surface area contributed by atoms with Crippen LogP contribution in [0.1, 0.15) is 32.9 Å². The van der Waals surface area contributed by atoms with E-state index in [0.717, 1.165) is 24.2 Å². The van der Waals surface area contributed by atoms with E-state index in [2.05, 4.69) is 0 Å². The van der Waals surface area contributed by atoms with Crippen LogP contribution in [-0.2, 0) is 10.0 Å². The van der Waals surface area contributed by atoms with E-state index in [0.29, 0.717) is 39.3 Å². The number of hydrogen-bond donors (Lipinski definition) is 1. The molecule has 3 heterocycles. The highest BCUT2D eigenvalue weighted by Gasteiger charge is 2.34. The molecule has 0 bridgehead atoms. The molecule has 2 fully saturated rings. The summed E-state index contributed by atoms with van der Waals surface area (Å²) in [5.74, 6) is -0.678. The number of hydrogen-bond acceptors (Lipinski definition) is 6. The summed E-state index contributed by atoms with van der Waals surface area (Å²) < 4.78 is 27.3. The number of carbonyl (C=O) groups excluding carboxylic acids is 2. The number of para-hydroxylation sites is 1. The summed E-state index contributed by atoms with van der Waals surface area (Å²) in [5, 5.41) is 11.5. The van der Waals surface area contributed by atoms with Gasteiger partial charge in [-0.3, -0.25) is 9.59 Å². The fourth-order valence-electron chi connectivity index (χ4n) is 3.81. The number of phenolic OH excluding ortho intramolecular Hbond substituents is 1. The number of benzene rings is 1. The Kier molecular flexibility index (Phi) is 5.81. The van der Waals surface area contributed by atoms with Crippen molar-refractivity contribution in [2.75, 3.05) is 39.3 Å². The Morgan fingerprint density at radius 2 is 1.47 bits per heavy atom. The van der Waals surface area contributed by atoms with Crippen LogP contribution in [0.25, 0.3) is 0 Å². The maximum Gasteiger partial charge on any atom is 0.265 e. The van der Waals surface area contributed by atoms with Crippen LogP contribution in [0, 0.1) is 0 Å². The van der Waals surface area contributed by atoms with E-state index < -0.39 is 10.0 Å². The summed E-state index contributed by atoms with van der Waals surface area (Å²) >= 11 is 1.13. The molecule has 2 amide bonds. The smallest absolute Gasteiger partial charge is 0.265 e. The van der Waals surface area contributed by atoms with Crippen LogP contribution in [0.3, 0.4) is 0 Å². The van der Waals surface area contributed by atoms with Crippen LogP contribution in [0.4, 0.5) is 0 Å². The van der Waals surface area contributed by atoms with Crippen molar-refractivity contribution < 1.29 is 23.1 Å². The van der Waals surface area contributed by atoms with Gasteiger partial charge in [-0.1, -0.05) is 12.1 Å². The minimum absolute atomic E-state index is 0.0728. The predicted octanol–water partition coefficient (Wildman–Crippen LogP) is 1.84. The zero-order chi connectivity index (χ0) is 21.3. The van der Waals surface area contributed by atoms with Gasteiger partial charge in [0.1, 0.15) is 15.5 Å². The molecular formula is C20H23N3O5S2. The molecular weight excluding hydrogens is 426 g/mol. The summed E-state index contributed by atoms with van der Waals surface area (Å²) in [6.45, 7) is 2.22. The van der Waals surface area contributed by atoms with Crippen LogP contribution in [0.15, 0.2) is 40.6 Å². The van der Waals surface area contributed by atoms with Crippen molar-refractivity contribution in [1.82, 2.24) is 14.1 Å². The number of amides is 2. The third-order valence-electron chi connectivity index (χ3n) is 5.49.